The van der Waals surface area contributed by atoms with Crippen LogP contribution in [0.5, 0.6) is 5.75 Å². The van der Waals surface area contributed by atoms with Gasteiger partial charge in [-0.25, -0.2) is 0 Å². The van der Waals surface area contributed by atoms with Gasteiger partial charge in [0.05, 0.1) is 18.8 Å². The van der Waals surface area contributed by atoms with Crippen molar-refractivity contribution in [3.05, 3.63) is 29.3 Å². The monoisotopic (exact) mass is 234 g/mol. The largest absolute Gasteiger partial charge is 0.495 e. The predicted molar refractivity (Wildman–Crippen MR) is 65.9 cm³/mol. The van der Waals surface area contributed by atoms with Gasteiger partial charge in [-0.3, -0.25) is 0 Å². The molecule has 1 aromatic rings. The summed E-state index contributed by atoms with van der Waals surface area (Å²) in [5.41, 5.74) is 1.64. The molecule has 4 heteroatoms. The molecule has 0 heterocycles. The van der Waals surface area contributed by atoms with Crippen molar-refractivity contribution in [3.63, 3.8) is 0 Å². The van der Waals surface area contributed by atoms with Crippen LogP contribution in [0.15, 0.2) is 18.2 Å². The van der Waals surface area contributed by atoms with Crippen molar-refractivity contribution in [1.82, 2.24) is 5.32 Å². The van der Waals surface area contributed by atoms with Crippen LogP contribution in [0.2, 0.25) is 0 Å². The maximum atomic E-state index is 8.86. The van der Waals surface area contributed by atoms with Gasteiger partial charge < -0.3 is 14.8 Å². The summed E-state index contributed by atoms with van der Waals surface area (Å²) < 4.78 is 10.3. The van der Waals surface area contributed by atoms with Gasteiger partial charge in [0.2, 0.25) is 0 Å². The van der Waals surface area contributed by atoms with Gasteiger partial charge in [0.25, 0.3) is 0 Å². The molecule has 0 amide bonds. The maximum Gasteiger partial charge on any atom is 0.136 e. The molecular formula is C13H18N2O2. The average molecular weight is 234 g/mol. The Kier molecular flexibility index (Phi) is 5.47. The first-order valence-electron chi connectivity index (χ1n) is 5.51. The van der Waals surface area contributed by atoms with Crippen LogP contribution in [0, 0.1) is 11.3 Å². The Hall–Kier alpha value is -1.57. The van der Waals surface area contributed by atoms with E-state index >= 15 is 0 Å². The first kappa shape index (κ1) is 13.5. The molecule has 92 valence electrons. The molecule has 0 bridgehead atoms. The van der Waals surface area contributed by atoms with Crippen molar-refractivity contribution in [2.45, 2.75) is 19.6 Å². The van der Waals surface area contributed by atoms with Crippen molar-refractivity contribution in [2.75, 3.05) is 20.8 Å². The zero-order valence-corrected chi connectivity index (χ0v) is 10.5. The first-order valence-corrected chi connectivity index (χ1v) is 5.51. The summed E-state index contributed by atoms with van der Waals surface area (Å²) in [6, 6.07) is 7.67. The second-order valence-corrected chi connectivity index (χ2v) is 3.82. The van der Waals surface area contributed by atoms with E-state index in [4.69, 9.17) is 14.7 Å². The van der Waals surface area contributed by atoms with Gasteiger partial charge in [-0.05, 0) is 24.6 Å². The molecule has 0 saturated carbocycles. The number of ether oxygens (including phenoxy) is 2. The van der Waals surface area contributed by atoms with E-state index in [0.717, 1.165) is 18.7 Å². The van der Waals surface area contributed by atoms with Crippen molar-refractivity contribution < 1.29 is 9.47 Å². The van der Waals surface area contributed by atoms with Crippen LogP contribution in [0.1, 0.15) is 18.1 Å². The Labute approximate surface area is 102 Å². The van der Waals surface area contributed by atoms with Crippen LogP contribution in [-0.4, -0.2) is 26.9 Å². The minimum absolute atomic E-state index is 0.190. The minimum atomic E-state index is 0.190. The Morgan fingerprint density at radius 1 is 1.41 bits per heavy atom. The Morgan fingerprint density at radius 3 is 2.76 bits per heavy atom. The van der Waals surface area contributed by atoms with Crippen LogP contribution < -0.4 is 10.1 Å². The Morgan fingerprint density at radius 2 is 2.18 bits per heavy atom. The van der Waals surface area contributed by atoms with Crippen LogP contribution in [-0.2, 0) is 11.3 Å². The summed E-state index contributed by atoms with van der Waals surface area (Å²) in [5, 5.41) is 12.1. The van der Waals surface area contributed by atoms with Crippen LogP contribution in [0.3, 0.4) is 0 Å². The highest BCUT2D eigenvalue weighted by Crippen LogP contribution is 2.18. The Balaban J connectivity index is 2.58. The molecule has 1 aromatic carbocycles. The molecule has 0 saturated heterocycles. The lowest BCUT2D eigenvalue weighted by Gasteiger charge is -2.11. The first-order chi connectivity index (χ1) is 8.21. The zero-order valence-electron chi connectivity index (χ0n) is 10.5. The molecule has 0 spiro atoms. The summed E-state index contributed by atoms with van der Waals surface area (Å²) >= 11 is 0. The fraction of sp³-hybridized carbons (Fsp3) is 0.462. The number of nitrogens with one attached hydrogen (secondary N) is 1. The number of nitrogens with zero attached hydrogens (tertiary/aromatic N) is 1. The fourth-order valence-electron chi connectivity index (χ4n) is 1.44. The summed E-state index contributed by atoms with van der Waals surface area (Å²) in [6.45, 7) is 3.53. The number of hydrogen-bond donors (Lipinski definition) is 1. The highest BCUT2D eigenvalue weighted by molar-refractivity contribution is 5.45. The number of benzene rings is 1. The molecule has 0 aliphatic rings. The SMILES string of the molecule is COc1cc(CNCC(C)OC)ccc1C#N. The van der Waals surface area contributed by atoms with Crippen molar-refractivity contribution in [3.8, 4) is 11.8 Å². The quantitative estimate of drug-likeness (QED) is 0.813. The van der Waals surface area contributed by atoms with Crippen LogP contribution in [0.25, 0.3) is 0 Å². The van der Waals surface area contributed by atoms with E-state index in [2.05, 4.69) is 11.4 Å². The van der Waals surface area contributed by atoms with Gasteiger partial charge in [0.1, 0.15) is 11.8 Å². The molecule has 1 atom stereocenters. The van der Waals surface area contributed by atoms with Gasteiger partial charge >= 0.3 is 0 Å². The van der Waals surface area contributed by atoms with Crippen LogP contribution >= 0.6 is 0 Å². The van der Waals surface area contributed by atoms with Gasteiger partial charge in [0.15, 0.2) is 0 Å². The third-order valence-corrected chi connectivity index (χ3v) is 2.55. The lowest BCUT2D eigenvalue weighted by Crippen LogP contribution is -2.25. The fourth-order valence-corrected chi connectivity index (χ4v) is 1.44. The molecule has 0 fully saturated rings. The van der Waals surface area contributed by atoms with E-state index in [-0.39, 0.29) is 6.10 Å². The topological polar surface area (TPSA) is 54.3 Å². The van der Waals surface area contributed by atoms with Crippen molar-refractivity contribution in [2.24, 2.45) is 0 Å². The number of methoxy groups -OCH3 is 2. The summed E-state index contributed by atoms with van der Waals surface area (Å²) in [7, 11) is 3.26. The van der Waals surface area contributed by atoms with Gasteiger partial charge in [0, 0.05) is 20.2 Å². The number of nitriles is 1. The lowest BCUT2D eigenvalue weighted by atomic mass is 10.1. The van der Waals surface area contributed by atoms with Crippen molar-refractivity contribution >= 4 is 0 Å². The lowest BCUT2D eigenvalue weighted by molar-refractivity contribution is 0.117. The zero-order chi connectivity index (χ0) is 12.7. The molecule has 0 aromatic heterocycles. The molecule has 0 radical (unpaired) electrons. The average Bonchev–Trinajstić information content (AvgIpc) is 2.38. The molecular weight excluding hydrogens is 216 g/mol. The second-order valence-electron chi connectivity index (χ2n) is 3.82. The van der Waals surface area contributed by atoms with Crippen molar-refractivity contribution in [1.29, 1.82) is 5.26 Å². The molecule has 4 nitrogen and oxygen atoms in total. The summed E-state index contributed by atoms with van der Waals surface area (Å²) in [6.07, 6.45) is 0.190. The molecule has 1 unspecified atom stereocenters. The predicted octanol–water partition coefficient (Wildman–Crippen LogP) is 1.69. The van der Waals surface area contributed by atoms with E-state index in [1.54, 1.807) is 20.3 Å². The summed E-state index contributed by atoms with van der Waals surface area (Å²) in [5.74, 6) is 0.617. The summed E-state index contributed by atoms with van der Waals surface area (Å²) in [4.78, 5) is 0. The van der Waals surface area contributed by atoms with Gasteiger partial charge in [-0.2, -0.15) is 5.26 Å². The Bertz CT molecular complexity index is 399. The molecule has 1 N–H and O–H groups in total. The molecule has 1 rings (SSSR count). The van der Waals surface area contributed by atoms with E-state index in [9.17, 15) is 0 Å². The van der Waals surface area contributed by atoms with Crippen LogP contribution in [0.4, 0.5) is 0 Å². The maximum absolute atomic E-state index is 8.86. The van der Waals surface area contributed by atoms with Gasteiger partial charge in [-0.1, -0.05) is 6.07 Å². The van der Waals surface area contributed by atoms with E-state index in [1.807, 2.05) is 19.1 Å². The minimum Gasteiger partial charge on any atom is -0.495 e. The smallest absolute Gasteiger partial charge is 0.136 e. The van der Waals surface area contributed by atoms with E-state index < -0.39 is 0 Å². The van der Waals surface area contributed by atoms with Gasteiger partial charge in [-0.15, -0.1) is 0 Å². The standard InChI is InChI=1S/C13H18N2O2/c1-10(16-2)8-15-9-11-4-5-12(7-14)13(6-11)17-3/h4-6,10,15H,8-9H2,1-3H3. The normalized spacial score (nSPS) is 11.9. The van der Waals surface area contributed by atoms with E-state index in [0.29, 0.717) is 11.3 Å². The molecule has 17 heavy (non-hydrogen) atoms. The number of rotatable bonds is 6. The number of hydrogen-bond acceptors (Lipinski definition) is 4. The molecule has 0 aliphatic carbocycles. The highest BCUT2D eigenvalue weighted by Gasteiger charge is 2.04. The second kappa shape index (κ2) is 6.89. The van der Waals surface area contributed by atoms with E-state index in [1.165, 1.54) is 0 Å². The molecule has 0 aliphatic heterocycles. The highest BCUT2D eigenvalue weighted by atomic mass is 16.5. The third-order valence-electron chi connectivity index (χ3n) is 2.55. The third kappa shape index (κ3) is 4.06.